The van der Waals surface area contributed by atoms with Gasteiger partial charge < -0.3 is 15.6 Å². The fourth-order valence-electron chi connectivity index (χ4n) is 1.56. The fourth-order valence-corrected chi connectivity index (χ4v) is 2.56. The molecule has 0 aliphatic heterocycles. The minimum atomic E-state index is -1.02. The Hall–Kier alpha value is -1.53. The molecule has 1 rings (SSSR count). The molecule has 1 aromatic carbocycles. The summed E-state index contributed by atoms with van der Waals surface area (Å²) in [5, 5.41) is 8.96. The highest BCUT2D eigenvalue weighted by Crippen LogP contribution is 2.30. The van der Waals surface area contributed by atoms with E-state index in [0.717, 1.165) is 5.56 Å². The molecule has 0 radical (unpaired) electrons. The minimum absolute atomic E-state index is 0.390. The molecule has 0 aromatic heterocycles. The van der Waals surface area contributed by atoms with Crippen molar-refractivity contribution in [1.82, 2.24) is 0 Å². The Morgan fingerprint density at radius 1 is 1.45 bits per heavy atom. The smallest absolute Gasteiger partial charge is 0.337 e. The molecule has 0 aliphatic rings. The van der Waals surface area contributed by atoms with Crippen LogP contribution in [0.2, 0.25) is 0 Å². The number of methoxy groups -OCH3 is 1. The van der Waals surface area contributed by atoms with Gasteiger partial charge in [-0.05, 0) is 31.5 Å². The van der Waals surface area contributed by atoms with Crippen molar-refractivity contribution in [1.29, 1.82) is 0 Å². The van der Waals surface area contributed by atoms with Crippen LogP contribution in [-0.4, -0.2) is 34.9 Å². The predicted octanol–water partition coefficient (Wildman–Crippen LogP) is 1.90. The number of esters is 1. The summed E-state index contributed by atoms with van der Waals surface area (Å²) in [4.78, 5) is 22.4. The molecule has 0 amide bonds. The Kier molecular flexibility index (Phi) is 5.59. The molecule has 5 nitrogen and oxygen atoms in total. The lowest BCUT2D eigenvalue weighted by atomic mass is 10.1. The number of carbonyl (C=O) groups is 2. The van der Waals surface area contributed by atoms with Crippen LogP contribution >= 0.6 is 11.8 Å². The molecule has 20 heavy (non-hydrogen) atoms. The summed E-state index contributed by atoms with van der Waals surface area (Å²) in [7, 11) is 1.33. The summed E-state index contributed by atoms with van der Waals surface area (Å²) in [5.74, 6) is -0.845. The first-order valence-electron chi connectivity index (χ1n) is 6.07. The number of rotatable bonds is 6. The number of benzene rings is 1. The number of aliphatic carboxylic acids is 1. The molecule has 0 bridgehead atoms. The van der Waals surface area contributed by atoms with Gasteiger partial charge in [-0.2, -0.15) is 0 Å². The molecule has 1 atom stereocenters. The maximum absolute atomic E-state index is 11.4. The molecule has 6 heteroatoms. The van der Waals surface area contributed by atoms with Crippen LogP contribution in [0.4, 0.5) is 0 Å². The van der Waals surface area contributed by atoms with Gasteiger partial charge in [-0.3, -0.25) is 4.79 Å². The number of hydrogen-bond acceptors (Lipinski definition) is 5. The third-order valence-corrected chi connectivity index (χ3v) is 4.45. The third kappa shape index (κ3) is 4.25. The summed E-state index contributed by atoms with van der Waals surface area (Å²) < 4.78 is 4.06. The average Bonchev–Trinajstić information content (AvgIpc) is 2.43. The van der Waals surface area contributed by atoms with Crippen molar-refractivity contribution in [2.24, 2.45) is 5.73 Å². The topological polar surface area (TPSA) is 89.6 Å². The van der Waals surface area contributed by atoms with Gasteiger partial charge in [-0.1, -0.05) is 12.1 Å². The van der Waals surface area contributed by atoms with Crippen molar-refractivity contribution in [3.63, 3.8) is 0 Å². The Morgan fingerprint density at radius 3 is 2.65 bits per heavy atom. The van der Waals surface area contributed by atoms with E-state index in [4.69, 9.17) is 10.8 Å². The molecule has 0 heterocycles. The first-order valence-corrected chi connectivity index (χ1v) is 7.06. The summed E-state index contributed by atoms with van der Waals surface area (Å²) in [6.45, 7) is 3.58. The van der Waals surface area contributed by atoms with E-state index in [1.165, 1.54) is 18.9 Å². The molecular weight excluding hydrogens is 278 g/mol. The van der Waals surface area contributed by atoms with Crippen molar-refractivity contribution in [3.8, 4) is 0 Å². The summed E-state index contributed by atoms with van der Waals surface area (Å²) in [6, 6.07) is 6.11. The molecular formula is C14H19NO4S. The second kappa shape index (κ2) is 6.76. The Labute approximate surface area is 122 Å². The lowest BCUT2D eigenvalue weighted by molar-refractivity contribution is -0.139. The van der Waals surface area contributed by atoms with E-state index >= 15 is 0 Å². The number of nitrogens with two attached hydrogens (primary N) is 1. The summed E-state index contributed by atoms with van der Waals surface area (Å²) in [5.41, 5.74) is 7.06. The highest BCUT2D eigenvalue weighted by Gasteiger charge is 2.32. The predicted molar refractivity (Wildman–Crippen MR) is 78.8 cm³/mol. The molecule has 0 saturated heterocycles. The largest absolute Gasteiger partial charge is 0.480 e. The number of ether oxygens (including phenoxy) is 1. The second-order valence-electron chi connectivity index (χ2n) is 4.90. The molecule has 1 aromatic rings. The van der Waals surface area contributed by atoms with E-state index in [-0.39, 0.29) is 0 Å². The van der Waals surface area contributed by atoms with Crippen LogP contribution in [0, 0.1) is 0 Å². The van der Waals surface area contributed by atoms with Gasteiger partial charge in [0, 0.05) is 10.5 Å². The molecule has 0 spiro atoms. The van der Waals surface area contributed by atoms with Crippen LogP contribution in [0.1, 0.15) is 29.8 Å². The first kappa shape index (κ1) is 16.5. The van der Waals surface area contributed by atoms with Gasteiger partial charge >= 0.3 is 11.9 Å². The van der Waals surface area contributed by atoms with Gasteiger partial charge in [0.05, 0.1) is 12.7 Å². The van der Waals surface area contributed by atoms with Crippen molar-refractivity contribution in [3.05, 3.63) is 35.4 Å². The molecule has 110 valence electrons. The number of hydrogen-bond donors (Lipinski definition) is 2. The number of carboxylic acid groups (broad SMARTS) is 1. The van der Waals surface area contributed by atoms with Gasteiger partial charge in [0.25, 0.3) is 0 Å². The lowest BCUT2D eigenvalue weighted by Crippen LogP contribution is -2.46. The van der Waals surface area contributed by atoms with Crippen molar-refractivity contribution < 1.29 is 19.4 Å². The Balaban J connectivity index is 2.75. The molecule has 0 fully saturated rings. The second-order valence-corrected chi connectivity index (χ2v) is 6.53. The minimum Gasteiger partial charge on any atom is -0.480 e. The van der Waals surface area contributed by atoms with Gasteiger partial charge in [0.15, 0.2) is 0 Å². The Morgan fingerprint density at radius 2 is 2.10 bits per heavy atom. The van der Waals surface area contributed by atoms with Gasteiger partial charge in [-0.15, -0.1) is 11.8 Å². The maximum Gasteiger partial charge on any atom is 0.337 e. The van der Waals surface area contributed by atoms with E-state index in [0.29, 0.717) is 11.3 Å². The van der Waals surface area contributed by atoms with Crippen LogP contribution in [-0.2, 0) is 15.3 Å². The van der Waals surface area contributed by atoms with Crippen molar-refractivity contribution >= 4 is 23.7 Å². The third-order valence-electron chi connectivity index (χ3n) is 2.97. The van der Waals surface area contributed by atoms with Crippen LogP contribution in [0.15, 0.2) is 24.3 Å². The summed E-state index contributed by atoms with van der Waals surface area (Å²) >= 11 is 1.44. The van der Waals surface area contributed by atoms with Crippen LogP contribution < -0.4 is 5.73 Å². The summed E-state index contributed by atoms with van der Waals surface area (Å²) in [6.07, 6.45) is 0. The number of thioether (sulfide) groups is 1. The monoisotopic (exact) mass is 297 g/mol. The quantitative estimate of drug-likeness (QED) is 0.779. The molecule has 3 N–H and O–H groups in total. The normalized spacial score (nSPS) is 12.8. The van der Waals surface area contributed by atoms with E-state index < -0.39 is 22.7 Å². The van der Waals surface area contributed by atoms with Gasteiger partial charge in [0.1, 0.15) is 6.04 Å². The lowest BCUT2D eigenvalue weighted by Gasteiger charge is -2.28. The zero-order valence-electron chi connectivity index (χ0n) is 11.8. The zero-order valence-corrected chi connectivity index (χ0v) is 12.6. The molecule has 0 saturated carbocycles. The zero-order chi connectivity index (χ0) is 15.3. The maximum atomic E-state index is 11.4. The number of carbonyl (C=O) groups excluding carboxylic acids is 1. The van der Waals surface area contributed by atoms with Crippen LogP contribution in [0.5, 0.6) is 0 Å². The fraction of sp³-hybridized carbons (Fsp3) is 0.429. The van der Waals surface area contributed by atoms with Crippen LogP contribution in [0.3, 0.4) is 0 Å². The Bertz CT molecular complexity index is 502. The van der Waals surface area contributed by atoms with E-state index in [2.05, 4.69) is 4.74 Å². The van der Waals surface area contributed by atoms with E-state index in [1.54, 1.807) is 32.0 Å². The van der Waals surface area contributed by atoms with Gasteiger partial charge in [-0.25, -0.2) is 4.79 Å². The van der Waals surface area contributed by atoms with Crippen molar-refractivity contribution in [2.45, 2.75) is 30.4 Å². The average molecular weight is 297 g/mol. The molecule has 0 aliphatic carbocycles. The highest BCUT2D eigenvalue weighted by atomic mass is 32.2. The number of carboxylic acids is 1. The first-order chi connectivity index (χ1) is 9.27. The van der Waals surface area contributed by atoms with Gasteiger partial charge in [0.2, 0.25) is 0 Å². The highest BCUT2D eigenvalue weighted by molar-refractivity contribution is 7.99. The van der Waals surface area contributed by atoms with E-state index in [9.17, 15) is 9.59 Å². The standard InChI is InChI=1S/C14H19NO4S/c1-14(2,11(15)12(16)17)20-8-9-5-4-6-10(7-9)13(18)19-3/h4-7,11H,8,15H2,1-3H3,(H,16,17)/t11-/m0/s1. The van der Waals surface area contributed by atoms with Crippen LogP contribution in [0.25, 0.3) is 0 Å². The SMILES string of the molecule is COC(=O)c1cccc(CSC(C)(C)[C@@H](N)C(=O)O)c1. The molecule has 0 unspecified atom stereocenters. The van der Waals surface area contributed by atoms with Crippen molar-refractivity contribution in [2.75, 3.05) is 7.11 Å². The van der Waals surface area contributed by atoms with E-state index in [1.807, 2.05) is 6.07 Å².